The van der Waals surface area contributed by atoms with Crippen molar-refractivity contribution in [2.75, 3.05) is 0 Å². The Morgan fingerprint density at radius 1 is 0.857 bits per heavy atom. The summed E-state index contributed by atoms with van der Waals surface area (Å²) in [6, 6.07) is 7.97. The van der Waals surface area contributed by atoms with Crippen LogP contribution in [-0.2, 0) is 6.42 Å². The first-order valence-corrected chi connectivity index (χ1v) is 9.92. The van der Waals surface area contributed by atoms with Gasteiger partial charge < -0.3 is 0 Å². The molecule has 0 amide bonds. The van der Waals surface area contributed by atoms with Gasteiger partial charge in [-0.25, -0.2) is 22.0 Å². The summed E-state index contributed by atoms with van der Waals surface area (Å²) in [6.07, 6.45) is 4.73. The summed E-state index contributed by atoms with van der Waals surface area (Å²) in [6.45, 7) is 2.12. The van der Waals surface area contributed by atoms with E-state index in [1.165, 1.54) is 12.1 Å². The lowest BCUT2D eigenvalue weighted by Gasteiger charge is -2.33. The van der Waals surface area contributed by atoms with Gasteiger partial charge in [0, 0.05) is 12.3 Å². The predicted octanol–water partition coefficient (Wildman–Crippen LogP) is 7.56. The first-order valence-electron chi connectivity index (χ1n) is 9.92. The van der Waals surface area contributed by atoms with E-state index in [9.17, 15) is 22.0 Å². The van der Waals surface area contributed by atoms with Crippen LogP contribution in [-0.4, -0.2) is 5.92 Å². The minimum absolute atomic E-state index is 0.170. The molecule has 152 valence electrons. The van der Waals surface area contributed by atoms with Crippen LogP contribution < -0.4 is 0 Å². The molecule has 0 atom stereocenters. The average Bonchev–Trinajstić information content (AvgIpc) is 2.67. The van der Waals surface area contributed by atoms with Crippen molar-refractivity contribution >= 4 is 0 Å². The predicted molar refractivity (Wildman–Crippen MR) is 101 cm³/mol. The van der Waals surface area contributed by atoms with Crippen LogP contribution in [0.15, 0.2) is 36.4 Å². The van der Waals surface area contributed by atoms with Gasteiger partial charge in [-0.3, -0.25) is 0 Å². The van der Waals surface area contributed by atoms with Crippen molar-refractivity contribution in [2.24, 2.45) is 11.8 Å². The molecule has 0 N–H and O–H groups in total. The number of halogens is 5. The molecule has 2 aromatic carbocycles. The molecule has 0 unspecified atom stereocenters. The van der Waals surface area contributed by atoms with Gasteiger partial charge in [0.25, 0.3) is 5.92 Å². The summed E-state index contributed by atoms with van der Waals surface area (Å²) in [5, 5.41) is 0. The third-order valence-electron chi connectivity index (χ3n) is 5.85. The molecule has 3 rings (SSSR count). The molecule has 5 heteroatoms. The summed E-state index contributed by atoms with van der Waals surface area (Å²) in [7, 11) is 0. The van der Waals surface area contributed by atoms with Crippen molar-refractivity contribution in [3.05, 3.63) is 59.4 Å². The first-order chi connectivity index (χ1) is 13.3. The number of hydrogen-bond donors (Lipinski definition) is 0. The highest BCUT2D eigenvalue weighted by Crippen LogP contribution is 2.41. The smallest absolute Gasteiger partial charge is 0.206 e. The number of hydrogen-bond acceptors (Lipinski definition) is 0. The van der Waals surface area contributed by atoms with Crippen LogP contribution in [0.25, 0.3) is 11.1 Å². The zero-order chi connectivity index (χ0) is 20.3. The fourth-order valence-electron chi connectivity index (χ4n) is 4.24. The van der Waals surface area contributed by atoms with Crippen LogP contribution in [0.2, 0.25) is 0 Å². The van der Waals surface area contributed by atoms with E-state index in [0.717, 1.165) is 37.8 Å². The highest BCUT2D eigenvalue weighted by molar-refractivity contribution is 5.64. The molecule has 1 aliphatic carbocycles. The molecule has 1 fully saturated rings. The fraction of sp³-hybridized carbons (Fsp3) is 0.478. The molecule has 2 aromatic rings. The molecule has 1 saturated carbocycles. The van der Waals surface area contributed by atoms with Gasteiger partial charge in [0.1, 0.15) is 0 Å². The monoisotopic (exact) mass is 396 g/mol. The van der Waals surface area contributed by atoms with E-state index in [0.29, 0.717) is 29.9 Å². The Labute approximate surface area is 162 Å². The van der Waals surface area contributed by atoms with Crippen LogP contribution >= 0.6 is 0 Å². The zero-order valence-electron chi connectivity index (χ0n) is 16.0. The summed E-state index contributed by atoms with van der Waals surface area (Å²) in [4.78, 5) is 0. The molecule has 0 nitrogen and oxygen atoms in total. The molecule has 0 spiro atoms. The minimum atomic E-state index is -2.77. The summed E-state index contributed by atoms with van der Waals surface area (Å²) >= 11 is 0. The van der Waals surface area contributed by atoms with Crippen LogP contribution in [0, 0.1) is 29.3 Å². The Bertz CT molecular complexity index is 766. The highest BCUT2D eigenvalue weighted by Gasteiger charge is 2.41. The molecular weight excluding hydrogens is 371 g/mol. The van der Waals surface area contributed by atoms with E-state index >= 15 is 0 Å². The lowest BCUT2D eigenvalue weighted by atomic mass is 9.76. The van der Waals surface area contributed by atoms with Gasteiger partial charge in [-0.15, -0.1) is 0 Å². The maximum Gasteiger partial charge on any atom is 0.254 e. The first kappa shape index (κ1) is 20.8. The maximum atomic E-state index is 14.7. The van der Waals surface area contributed by atoms with E-state index < -0.39 is 29.3 Å². The molecule has 0 radical (unpaired) electrons. The number of benzene rings is 2. The fourth-order valence-corrected chi connectivity index (χ4v) is 4.24. The molecule has 0 aliphatic heterocycles. The van der Waals surface area contributed by atoms with Crippen LogP contribution in [0.1, 0.15) is 51.0 Å². The molecule has 0 aromatic heterocycles. The molecule has 0 bridgehead atoms. The van der Waals surface area contributed by atoms with Crippen molar-refractivity contribution < 1.29 is 22.0 Å². The Hall–Kier alpha value is -1.91. The number of alkyl halides is 2. The second-order valence-corrected chi connectivity index (χ2v) is 7.89. The van der Waals surface area contributed by atoms with E-state index in [1.807, 2.05) is 0 Å². The standard InChI is InChI=1S/C23H25F5/c1-2-3-15-6-10-19(11-7-15)23(27,28)14-16-4-8-17(9-5-16)18-12-20(24)22(26)21(25)13-18/h4-5,8-9,12-13,15,19H,2-3,6-7,10-11,14H2,1H3. The van der Waals surface area contributed by atoms with E-state index in [-0.39, 0.29) is 12.0 Å². The zero-order valence-corrected chi connectivity index (χ0v) is 16.0. The lowest BCUT2D eigenvalue weighted by Crippen LogP contribution is -2.34. The van der Waals surface area contributed by atoms with Crippen LogP contribution in [0.5, 0.6) is 0 Å². The Balaban J connectivity index is 1.67. The van der Waals surface area contributed by atoms with E-state index in [2.05, 4.69) is 6.92 Å². The largest absolute Gasteiger partial charge is 0.254 e. The molecule has 0 saturated heterocycles. The molecule has 1 aliphatic rings. The Morgan fingerprint density at radius 2 is 1.43 bits per heavy atom. The van der Waals surface area contributed by atoms with Gasteiger partial charge in [-0.05, 0) is 60.4 Å². The van der Waals surface area contributed by atoms with Gasteiger partial charge in [-0.1, -0.05) is 44.0 Å². The van der Waals surface area contributed by atoms with Gasteiger partial charge in [-0.2, -0.15) is 0 Å². The topological polar surface area (TPSA) is 0 Å². The molecular formula is C23H25F5. The van der Waals surface area contributed by atoms with Gasteiger partial charge in [0.15, 0.2) is 17.5 Å². The molecule has 0 heterocycles. The quantitative estimate of drug-likeness (QED) is 0.349. The van der Waals surface area contributed by atoms with Crippen molar-refractivity contribution in [1.29, 1.82) is 0 Å². The van der Waals surface area contributed by atoms with Crippen molar-refractivity contribution in [1.82, 2.24) is 0 Å². The second-order valence-electron chi connectivity index (χ2n) is 7.89. The highest BCUT2D eigenvalue weighted by atomic mass is 19.3. The summed E-state index contributed by atoms with van der Waals surface area (Å²) in [5.41, 5.74) is 1.10. The number of rotatable bonds is 6. The summed E-state index contributed by atoms with van der Waals surface area (Å²) in [5.74, 6) is -6.86. The minimum Gasteiger partial charge on any atom is -0.206 e. The Morgan fingerprint density at radius 3 is 1.96 bits per heavy atom. The average molecular weight is 396 g/mol. The normalized spacial score (nSPS) is 20.4. The van der Waals surface area contributed by atoms with Crippen LogP contribution in [0.3, 0.4) is 0 Å². The van der Waals surface area contributed by atoms with Gasteiger partial charge in [0.05, 0.1) is 0 Å². The maximum absolute atomic E-state index is 14.7. The Kier molecular flexibility index (Phi) is 6.41. The second kappa shape index (κ2) is 8.62. The van der Waals surface area contributed by atoms with Crippen molar-refractivity contribution in [3.8, 4) is 11.1 Å². The van der Waals surface area contributed by atoms with Gasteiger partial charge >= 0.3 is 0 Å². The summed E-state index contributed by atoms with van der Waals surface area (Å²) < 4.78 is 69.4. The van der Waals surface area contributed by atoms with Crippen molar-refractivity contribution in [2.45, 2.75) is 57.8 Å². The SMILES string of the molecule is CCCC1CCC(C(F)(F)Cc2ccc(-c3cc(F)c(F)c(F)c3)cc2)CC1. The van der Waals surface area contributed by atoms with Gasteiger partial charge in [0.2, 0.25) is 0 Å². The van der Waals surface area contributed by atoms with E-state index in [1.54, 1.807) is 12.1 Å². The van der Waals surface area contributed by atoms with E-state index in [4.69, 9.17) is 0 Å². The lowest BCUT2D eigenvalue weighted by molar-refractivity contribution is -0.0745. The third-order valence-corrected chi connectivity index (χ3v) is 5.85. The van der Waals surface area contributed by atoms with Crippen molar-refractivity contribution in [3.63, 3.8) is 0 Å². The molecule has 28 heavy (non-hydrogen) atoms. The third kappa shape index (κ3) is 4.73. The van der Waals surface area contributed by atoms with Crippen LogP contribution in [0.4, 0.5) is 22.0 Å².